The quantitative estimate of drug-likeness (QED) is 0.824. The second-order valence-corrected chi connectivity index (χ2v) is 6.65. The van der Waals surface area contributed by atoms with Crippen LogP contribution in [-0.2, 0) is 17.1 Å². The van der Waals surface area contributed by atoms with Gasteiger partial charge in [-0.15, -0.1) is 0 Å². The second-order valence-electron chi connectivity index (χ2n) is 4.71. The van der Waals surface area contributed by atoms with Crippen LogP contribution < -0.4 is 11.1 Å². The normalized spacial score (nSPS) is 17.6. The molecular weight excluding hydrogens is 282 g/mol. The third-order valence-electron chi connectivity index (χ3n) is 3.48. The number of rotatable bonds is 2. The number of piperazine rings is 1. The predicted octanol–water partition coefficient (Wildman–Crippen LogP) is -0.275. The number of sulfonamides is 1. The maximum Gasteiger partial charge on any atom is 0.419 e. The van der Waals surface area contributed by atoms with Crippen molar-refractivity contribution < 1.29 is 12.8 Å². The van der Waals surface area contributed by atoms with Gasteiger partial charge in [0.05, 0.1) is 10.4 Å². The maximum atomic E-state index is 12.5. The van der Waals surface area contributed by atoms with Gasteiger partial charge in [0.15, 0.2) is 5.58 Å². The van der Waals surface area contributed by atoms with Gasteiger partial charge >= 0.3 is 5.76 Å². The Labute approximate surface area is 115 Å². The number of hydrogen-bond acceptors (Lipinski definition) is 5. The summed E-state index contributed by atoms with van der Waals surface area (Å²) in [5.41, 5.74) is 0.864. The van der Waals surface area contributed by atoms with E-state index >= 15 is 0 Å². The van der Waals surface area contributed by atoms with E-state index in [0.717, 1.165) is 0 Å². The summed E-state index contributed by atoms with van der Waals surface area (Å²) in [7, 11) is -1.95. The molecule has 0 spiro atoms. The number of benzene rings is 1. The van der Waals surface area contributed by atoms with Crippen LogP contribution in [-0.4, -0.2) is 43.5 Å². The minimum atomic E-state index is -3.54. The van der Waals surface area contributed by atoms with Gasteiger partial charge in [0.25, 0.3) is 0 Å². The molecule has 1 aromatic carbocycles. The Kier molecular flexibility index (Phi) is 3.15. The lowest BCUT2D eigenvalue weighted by molar-refractivity contribution is 0.360. The van der Waals surface area contributed by atoms with Crippen molar-refractivity contribution in [3.05, 3.63) is 28.7 Å². The van der Waals surface area contributed by atoms with Gasteiger partial charge < -0.3 is 9.73 Å². The van der Waals surface area contributed by atoms with E-state index in [4.69, 9.17) is 4.42 Å². The van der Waals surface area contributed by atoms with Crippen molar-refractivity contribution in [3.63, 3.8) is 0 Å². The first-order valence-electron chi connectivity index (χ1n) is 6.30. The molecule has 1 aromatic heterocycles. The highest BCUT2D eigenvalue weighted by atomic mass is 32.2. The zero-order valence-corrected chi connectivity index (χ0v) is 11.8. The largest absolute Gasteiger partial charge is 0.419 e. The summed E-state index contributed by atoms with van der Waals surface area (Å²) in [4.78, 5) is 11.6. The zero-order chi connectivity index (χ0) is 14.3. The first kappa shape index (κ1) is 13.3. The summed E-state index contributed by atoms with van der Waals surface area (Å²) in [5.74, 6) is -0.503. The first-order chi connectivity index (χ1) is 9.50. The van der Waals surface area contributed by atoms with Crippen LogP contribution in [0.5, 0.6) is 0 Å². The third kappa shape index (κ3) is 2.05. The van der Waals surface area contributed by atoms with E-state index < -0.39 is 15.8 Å². The molecule has 0 atom stereocenters. The fourth-order valence-electron chi connectivity index (χ4n) is 2.31. The van der Waals surface area contributed by atoms with Gasteiger partial charge in [-0.05, 0) is 12.1 Å². The summed E-state index contributed by atoms with van der Waals surface area (Å²) in [5, 5.41) is 3.11. The van der Waals surface area contributed by atoms with Crippen LogP contribution in [0, 0.1) is 0 Å². The molecule has 0 bridgehead atoms. The second kappa shape index (κ2) is 4.72. The maximum absolute atomic E-state index is 12.5. The molecule has 2 aromatic rings. The number of aryl methyl sites for hydroxylation is 1. The Morgan fingerprint density at radius 2 is 1.95 bits per heavy atom. The van der Waals surface area contributed by atoms with Crippen molar-refractivity contribution in [3.8, 4) is 0 Å². The van der Waals surface area contributed by atoms with Crippen molar-refractivity contribution >= 4 is 21.1 Å². The van der Waals surface area contributed by atoms with E-state index in [1.807, 2.05) is 0 Å². The highest BCUT2D eigenvalue weighted by Gasteiger charge is 2.26. The van der Waals surface area contributed by atoms with E-state index in [0.29, 0.717) is 31.7 Å². The molecule has 1 fully saturated rings. The Morgan fingerprint density at radius 3 is 2.65 bits per heavy atom. The molecule has 1 aliphatic heterocycles. The number of oxazole rings is 1. The molecule has 7 nitrogen and oxygen atoms in total. The van der Waals surface area contributed by atoms with E-state index in [2.05, 4.69) is 5.32 Å². The molecule has 108 valence electrons. The number of nitrogens with one attached hydrogen (secondary N) is 1. The number of fused-ring (bicyclic) bond motifs is 1. The smallest absolute Gasteiger partial charge is 0.408 e. The van der Waals surface area contributed by atoms with Gasteiger partial charge in [-0.3, -0.25) is 4.57 Å². The van der Waals surface area contributed by atoms with Gasteiger partial charge in [-0.2, -0.15) is 4.31 Å². The molecule has 2 heterocycles. The monoisotopic (exact) mass is 297 g/mol. The van der Waals surface area contributed by atoms with Crippen molar-refractivity contribution in [1.29, 1.82) is 0 Å². The highest BCUT2D eigenvalue weighted by Crippen LogP contribution is 2.21. The molecule has 0 aliphatic carbocycles. The lowest BCUT2D eigenvalue weighted by atomic mass is 10.3. The van der Waals surface area contributed by atoms with Crippen molar-refractivity contribution in [2.24, 2.45) is 7.05 Å². The van der Waals surface area contributed by atoms with Gasteiger partial charge in [0.1, 0.15) is 0 Å². The molecular formula is C12H15N3O4S. The molecule has 1 N–H and O–H groups in total. The molecule has 0 unspecified atom stereocenters. The minimum Gasteiger partial charge on any atom is -0.408 e. The van der Waals surface area contributed by atoms with Gasteiger partial charge in [0, 0.05) is 39.3 Å². The van der Waals surface area contributed by atoms with Crippen LogP contribution in [0.3, 0.4) is 0 Å². The van der Waals surface area contributed by atoms with Crippen LogP contribution in [0.1, 0.15) is 0 Å². The summed E-state index contributed by atoms with van der Waals surface area (Å²) >= 11 is 0. The number of nitrogens with zero attached hydrogens (tertiary/aromatic N) is 2. The van der Waals surface area contributed by atoms with Crippen molar-refractivity contribution in [1.82, 2.24) is 14.2 Å². The molecule has 0 amide bonds. The Bertz CT molecular complexity index is 800. The average molecular weight is 297 g/mol. The van der Waals surface area contributed by atoms with Gasteiger partial charge in [0.2, 0.25) is 10.0 Å². The lowest BCUT2D eigenvalue weighted by Crippen LogP contribution is -2.46. The molecule has 0 radical (unpaired) electrons. The highest BCUT2D eigenvalue weighted by molar-refractivity contribution is 7.89. The van der Waals surface area contributed by atoms with E-state index in [-0.39, 0.29) is 10.5 Å². The SMILES string of the molecule is Cn1c(=O)oc2cc(S(=O)(=O)N3CCNCC3)ccc21. The minimum absolute atomic E-state index is 0.154. The van der Waals surface area contributed by atoms with Crippen LogP contribution in [0.25, 0.3) is 11.1 Å². The van der Waals surface area contributed by atoms with E-state index in [1.165, 1.54) is 21.0 Å². The summed E-state index contributed by atoms with van der Waals surface area (Å²) in [6.45, 7) is 2.17. The molecule has 8 heteroatoms. The van der Waals surface area contributed by atoms with Gasteiger partial charge in [-0.1, -0.05) is 0 Å². The summed E-state index contributed by atoms with van der Waals surface area (Å²) in [6, 6.07) is 4.51. The fraction of sp³-hybridized carbons (Fsp3) is 0.417. The van der Waals surface area contributed by atoms with Crippen molar-refractivity contribution in [2.45, 2.75) is 4.90 Å². The Balaban J connectivity index is 2.07. The molecule has 0 saturated carbocycles. The summed E-state index contributed by atoms with van der Waals surface area (Å²) < 4.78 is 32.8. The zero-order valence-electron chi connectivity index (χ0n) is 11.0. The Morgan fingerprint density at radius 1 is 1.25 bits per heavy atom. The average Bonchev–Trinajstić information content (AvgIpc) is 2.74. The van der Waals surface area contributed by atoms with Crippen LogP contribution in [0.4, 0.5) is 0 Å². The fourth-order valence-corrected chi connectivity index (χ4v) is 3.77. The van der Waals surface area contributed by atoms with E-state index in [9.17, 15) is 13.2 Å². The molecule has 1 aliphatic rings. The number of hydrogen-bond donors (Lipinski definition) is 1. The third-order valence-corrected chi connectivity index (χ3v) is 5.37. The predicted molar refractivity (Wildman–Crippen MR) is 73.1 cm³/mol. The molecule has 20 heavy (non-hydrogen) atoms. The summed E-state index contributed by atoms with van der Waals surface area (Å²) in [6.07, 6.45) is 0. The lowest BCUT2D eigenvalue weighted by Gasteiger charge is -2.26. The topological polar surface area (TPSA) is 84.5 Å². The first-order valence-corrected chi connectivity index (χ1v) is 7.74. The number of aromatic nitrogens is 1. The van der Waals surface area contributed by atoms with Crippen LogP contribution >= 0.6 is 0 Å². The molecule has 1 saturated heterocycles. The Hall–Kier alpha value is -1.64. The standard InChI is InChI=1S/C12H15N3O4S/c1-14-10-3-2-9(8-11(10)19-12(14)16)20(17,18)15-6-4-13-5-7-15/h2-3,8,13H,4-7H2,1H3. The van der Waals surface area contributed by atoms with Gasteiger partial charge in [-0.25, -0.2) is 13.2 Å². The van der Waals surface area contributed by atoms with E-state index in [1.54, 1.807) is 13.1 Å². The van der Waals surface area contributed by atoms with Crippen LogP contribution in [0.15, 0.2) is 32.3 Å². The van der Waals surface area contributed by atoms with Crippen molar-refractivity contribution in [2.75, 3.05) is 26.2 Å². The molecule has 3 rings (SSSR count). The van der Waals surface area contributed by atoms with Crippen LogP contribution in [0.2, 0.25) is 0 Å².